The van der Waals surface area contributed by atoms with Gasteiger partial charge in [-0.05, 0) is 61.1 Å². The van der Waals surface area contributed by atoms with Crippen LogP contribution >= 0.6 is 0 Å². The molecule has 44 heavy (non-hydrogen) atoms. The van der Waals surface area contributed by atoms with Crippen molar-refractivity contribution in [2.75, 3.05) is 18.0 Å². The Kier molecular flexibility index (Phi) is 7.80. The van der Waals surface area contributed by atoms with E-state index in [9.17, 15) is 19.2 Å². The first-order valence-electron chi connectivity index (χ1n) is 14.4. The molecule has 3 aliphatic rings. The van der Waals surface area contributed by atoms with Crippen molar-refractivity contribution >= 4 is 29.4 Å². The number of imide groups is 2. The van der Waals surface area contributed by atoms with E-state index in [-0.39, 0.29) is 53.8 Å². The number of nitrogens with one attached hydrogen (secondary N) is 1. The minimum absolute atomic E-state index is 0.00352. The van der Waals surface area contributed by atoms with Crippen LogP contribution in [0.15, 0.2) is 54.7 Å². The maximum Gasteiger partial charge on any atom is 0.266 e. The molecule has 4 amide bonds. The Labute approximate surface area is 252 Å². The summed E-state index contributed by atoms with van der Waals surface area (Å²) in [7, 11) is 0. The lowest BCUT2D eigenvalue weighted by Crippen LogP contribution is -2.54. The number of hydrogen-bond donors (Lipinski definition) is 2. The van der Waals surface area contributed by atoms with Crippen molar-refractivity contribution in [1.29, 1.82) is 5.26 Å². The molecule has 2 fully saturated rings. The van der Waals surface area contributed by atoms with E-state index in [0.29, 0.717) is 11.1 Å². The molecule has 1 unspecified atom stereocenters. The number of piperidine rings is 2. The standard InChI is InChI=1S/C32H29FN6O5/c33-23-14-20(29(35)19-10-12-38(13-11-19)26-8-4-18(15-34)16-36-26)5-6-21(23)17-44-25-3-1-2-22-28(25)32(43)39(31(22)42)24-7-9-27(40)37-30(24)41/h1-6,8,14,16,19,24,29H,7,9-13,17,35H2,(H,37,40,41)/t24-,29?/m0/s1. The minimum Gasteiger partial charge on any atom is -0.488 e. The Morgan fingerprint density at radius 2 is 1.86 bits per heavy atom. The number of pyridine rings is 1. The minimum atomic E-state index is -1.10. The van der Waals surface area contributed by atoms with Crippen LogP contribution in [0.3, 0.4) is 0 Å². The zero-order valence-electron chi connectivity index (χ0n) is 23.7. The molecule has 6 rings (SSSR count). The number of anilines is 1. The predicted octanol–water partition coefficient (Wildman–Crippen LogP) is 2.99. The highest BCUT2D eigenvalue weighted by molar-refractivity contribution is 6.24. The molecule has 2 aromatic carbocycles. The lowest BCUT2D eigenvalue weighted by Gasteiger charge is -2.35. The summed E-state index contributed by atoms with van der Waals surface area (Å²) in [6.07, 6.45) is 3.22. The second-order valence-electron chi connectivity index (χ2n) is 11.1. The van der Waals surface area contributed by atoms with E-state index < -0.39 is 35.5 Å². The number of nitrogens with zero attached hydrogens (tertiary/aromatic N) is 4. The van der Waals surface area contributed by atoms with Gasteiger partial charge in [0, 0.05) is 37.3 Å². The van der Waals surface area contributed by atoms with Crippen molar-refractivity contribution in [1.82, 2.24) is 15.2 Å². The monoisotopic (exact) mass is 596 g/mol. The molecule has 11 nitrogen and oxygen atoms in total. The van der Waals surface area contributed by atoms with Crippen LogP contribution in [0.5, 0.6) is 5.75 Å². The lowest BCUT2D eigenvalue weighted by molar-refractivity contribution is -0.136. The van der Waals surface area contributed by atoms with Gasteiger partial charge < -0.3 is 15.4 Å². The van der Waals surface area contributed by atoms with Gasteiger partial charge in [-0.1, -0.05) is 18.2 Å². The van der Waals surface area contributed by atoms with Gasteiger partial charge in [-0.3, -0.25) is 29.4 Å². The number of nitrogens with two attached hydrogens (primary N) is 1. The number of amides is 4. The second kappa shape index (κ2) is 11.9. The number of hydrogen-bond acceptors (Lipinski definition) is 9. The maximum absolute atomic E-state index is 15.2. The van der Waals surface area contributed by atoms with E-state index in [2.05, 4.69) is 21.3 Å². The highest BCUT2D eigenvalue weighted by Crippen LogP contribution is 2.35. The van der Waals surface area contributed by atoms with Gasteiger partial charge in [0.25, 0.3) is 11.8 Å². The smallest absolute Gasteiger partial charge is 0.266 e. The first kappa shape index (κ1) is 28.9. The first-order valence-corrected chi connectivity index (χ1v) is 14.4. The summed E-state index contributed by atoms with van der Waals surface area (Å²) in [4.78, 5) is 57.6. The Hall–Kier alpha value is -5.15. The molecule has 0 radical (unpaired) electrons. The Morgan fingerprint density at radius 3 is 2.55 bits per heavy atom. The average Bonchev–Trinajstić information content (AvgIpc) is 3.29. The number of ether oxygens (including phenoxy) is 1. The molecule has 0 aliphatic carbocycles. The Bertz CT molecular complexity index is 1700. The van der Waals surface area contributed by atoms with Crippen LogP contribution in [0.2, 0.25) is 0 Å². The molecule has 2 atom stereocenters. The second-order valence-corrected chi connectivity index (χ2v) is 11.1. The van der Waals surface area contributed by atoms with Crippen molar-refractivity contribution in [3.05, 3.63) is 88.4 Å². The average molecular weight is 597 g/mol. The first-order chi connectivity index (χ1) is 21.2. The van der Waals surface area contributed by atoms with E-state index in [1.54, 1.807) is 30.5 Å². The molecule has 12 heteroatoms. The van der Waals surface area contributed by atoms with Crippen molar-refractivity contribution < 1.29 is 28.3 Å². The largest absolute Gasteiger partial charge is 0.488 e. The third-order valence-corrected chi connectivity index (χ3v) is 8.52. The van der Waals surface area contributed by atoms with E-state index in [0.717, 1.165) is 36.6 Å². The molecule has 3 N–H and O–H groups in total. The van der Waals surface area contributed by atoms with Gasteiger partial charge in [0.1, 0.15) is 36.1 Å². The van der Waals surface area contributed by atoms with Gasteiger partial charge in [-0.25, -0.2) is 9.37 Å². The molecule has 2 saturated heterocycles. The number of aromatic nitrogens is 1. The highest BCUT2D eigenvalue weighted by Gasteiger charge is 2.46. The number of benzene rings is 2. The quantitative estimate of drug-likeness (QED) is 0.391. The van der Waals surface area contributed by atoms with Crippen molar-refractivity contribution in [3.8, 4) is 11.8 Å². The summed E-state index contributed by atoms with van der Waals surface area (Å²) in [6.45, 7) is 1.29. The molecular weight excluding hydrogens is 567 g/mol. The molecule has 1 aromatic heterocycles. The van der Waals surface area contributed by atoms with Gasteiger partial charge in [0.05, 0.1) is 16.7 Å². The third kappa shape index (κ3) is 5.38. The number of nitriles is 1. The van der Waals surface area contributed by atoms with Gasteiger partial charge in [-0.15, -0.1) is 0 Å². The van der Waals surface area contributed by atoms with Gasteiger partial charge in [-0.2, -0.15) is 5.26 Å². The molecule has 4 heterocycles. The maximum atomic E-state index is 15.2. The van der Waals surface area contributed by atoms with E-state index in [1.165, 1.54) is 18.2 Å². The zero-order chi connectivity index (χ0) is 31.0. The summed E-state index contributed by atoms with van der Waals surface area (Å²) in [6, 6.07) is 13.5. The van der Waals surface area contributed by atoms with Crippen molar-refractivity contribution in [2.24, 2.45) is 11.7 Å². The number of carbonyl (C=O) groups excluding carboxylic acids is 4. The van der Waals surface area contributed by atoms with Crippen LogP contribution in [-0.2, 0) is 16.2 Å². The molecule has 0 bridgehead atoms. The summed E-state index contributed by atoms with van der Waals surface area (Å²) >= 11 is 0. The van der Waals surface area contributed by atoms with Crippen LogP contribution in [0, 0.1) is 23.1 Å². The normalized spacial score (nSPS) is 19.4. The van der Waals surface area contributed by atoms with E-state index in [1.807, 2.05) is 6.07 Å². The molecule has 224 valence electrons. The zero-order valence-corrected chi connectivity index (χ0v) is 23.7. The van der Waals surface area contributed by atoms with E-state index in [4.69, 9.17) is 15.7 Å². The van der Waals surface area contributed by atoms with Crippen molar-refractivity contribution in [2.45, 2.75) is 44.4 Å². The SMILES string of the molecule is N#Cc1ccc(N2CCC(C(N)c3ccc(COc4cccc5c4C(=O)N([C@H]4CCC(=O)NC4=O)C5=O)c(F)c3)CC2)nc1. The van der Waals surface area contributed by atoms with Crippen LogP contribution < -0.4 is 20.7 Å². The lowest BCUT2D eigenvalue weighted by atomic mass is 9.85. The summed E-state index contributed by atoms with van der Waals surface area (Å²) in [5.74, 6) is -1.95. The van der Waals surface area contributed by atoms with Crippen LogP contribution in [-0.4, -0.2) is 52.6 Å². The molecule has 0 spiro atoms. The number of halogens is 1. The summed E-state index contributed by atoms with van der Waals surface area (Å²) < 4.78 is 21.1. The topological polar surface area (TPSA) is 159 Å². The fraction of sp³-hybridized carbons (Fsp3) is 0.312. The predicted molar refractivity (Wildman–Crippen MR) is 155 cm³/mol. The van der Waals surface area contributed by atoms with Crippen LogP contribution in [0.25, 0.3) is 0 Å². The molecule has 3 aliphatic heterocycles. The van der Waals surface area contributed by atoms with Crippen LogP contribution in [0.4, 0.5) is 10.2 Å². The molecule has 3 aromatic rings. The van der Waals surface area contributed by atoms with Crippen molar-refractivity contribution in [3.63, 3.8) is 0 Å². The molecule has 0 saturated carbocycles. The fourth-order valence-corrected chi connectivity index (χ4v) is 6.05. The van der Waals surface area contributed by atoms with Gasteiger partial charge in [0.15, 0.2) is 0 Å². The van der Waals surface area contributed by atoms with Crippen LogP contribution in [0.1, 0.15) is 69.1 Å². The fourth-order valence-electron chi connectivity index (χ4n) is 6.05. The summed E-state index contributed by atoms with van der Waals surface area (Å²) in [5.41, 5.74) is 8.08. The van der Waals surface area contributed by atoms with Gasteiger partial charge in [0.2, 0.25) is 11.8 Å². The third-order valence-electron chi connectivity index (χ3n) is 8.52. The molecular formula is C32H29FN6O5. The Morgan fingerprint density at radius 1 is 1.07 bits per heavy atom. The Balaban J connectivity index is 1.10. The number of fused-ring (bicyclic) bond motifs is 1. The van der Waals surface area contributed by atoms with Gasteiger partial charge >= 0.3 is 0 Å². The number of rotatable bonds is 7. The van der Waals surface area contributed by atoms with E-state index >= 15 is 4.39 Å². The highest BCUT2D eigenvalue weighted by atomic mass is 19.1. The summed E-state index contributed by atoms with van der Waals surface area (Å²) in [5, 5.41) is 11.1. The number of carbonyl (C=O) groups is 4.